The number of cyclic esters (lactones) is 2. The molecular weight excluding hydrogens is 412 g/mol. The molecule has 3 aliphatic rings. The molecule has 0 spiro atoms. The fourth-order valence-electron chi connectivity index (χ4n) is 4.76. The summed E-state index contributed by atoms with van der Waals surface area (Å²) in [5, 5.41) is 0.00337. The van der Waals surface area contributed by atoms with Crippen LogP contribution in [0.3, 0.4) is 0 Å². The maximum absolute atomic E-state index is 13.3. The van der Waals surface area contributed by atoms with Gasteiger partial charge in [-0.25, -0.2) is 0 Å². The molecule has 2 aliphatic carbocycles. The molecule has 1 heterocycles. The van der Waals surface area contributed by atoms with Crippen molar-refractivity contribution in [3.8, 4) is 0 Å². The lowest BCUT2D eigenvalue weighted by atomic mass is 9.60. The first kappa shape index (κ1) is 23.9. The molecule has 0 radical (unpaired) electrons. The van der Waals surface area contributed by atoms with Crippen LogP contribution in [0.1, 0.15) is 60.8 Å². The van der Waals surface area contributed by atoms with Gasteiger partial charge < -0.3 is 13.6 Å². The molecule has 1 saturated heterocycles. The Morgan fingerprint density at radius 1 is 0.800 bits per heavy atom. The molecule has 5 nitrogen and oxygen atoms in total. The highest BCUT2D eigenvalue weighted by Crippen LogP contribution is 2.67. The second-order valence-corrected chi connectivity index (χ2v) is 22.0. The van der Waals surface area contributed by atoms with Crippen molar-refractivity contribution in [3.05, 3.63) is 12.2 Å². The van der Waals surface area contributed by atoms with Crippen LogP contribution in [0.15, 0.2) is 12.2 Å². The third kappa shape index (κ3) is 3.14. The third-order valence-corrected chi connectivity index (χ3v) is 17.7. The van der Waals surface area contributed by atoms with Gasteiger partial charge in [-0.05, 0) is 55.5 Å². The minimum Gasteiger partial charge on any atom is -0.413 e. The number of hydrogen-bond donors (Lipinski definition) is 0. The highest BCUT2D eigenvalue weighted by Gasteiger charge is 2.79. The van der Waals surface area contributed by atoms with Crippen LogP contribution >= 0.6 is 0 Å². The van der Waals surface area contributed by atoms with E-state index >= 15 is 0 Å². The first-order chi connectivity index (χ1) is 13.4. The molecule has 3 rings (SSSR count). The van der Waals surface area contributed by atoms with Gasteiger partial charge in [0.15, 0.2) is 16.6 Å². The van der Waals surface area contributed by atoms with Gasteiger partial charge >= 0.3 is 11.9 Å². The number of carbonyl (C=O) groups excluding carboxylic acids is 2. The van der Waals surface area contributed by atoms with Crippen molar-refractivity contribution in [2.75, 3.05) is 0 Å². The summed E-state index contributed by atoms with van der Waals surface area (Å²) in [6.07, 6.45) is 4.85. The smallest absolute Gasteiger partial charge is 0.323 e. The average Bonchev–Trinajstić information content (AvgIpc) is 2.96. The van der Waals surface area contributed by atoms with Crippen LogP contribution in [0.2, 0.25) is 36.3 Å². The van der Waals surface area contributed by atoms with Crippen molar-refractivity contribution in [2.24, 2.45) is 10.8 Å². The summed E-state index contributed by atoms with van der Waals surface area (Å²) in [6, 6.07) is 0. The summed E-state index contributed by atoms with van der Waals surface area (Å²) in [5.41, 5.74) is -1.94. The van der Waals surface area contributed by atoms with E-state index < -0.39 is 39.4 Å². The number of esters is 2. The van der Waals surface area contributed by atoms with Gasteiger partial charge in [0.1, 0.15) is 10.8 Å². The predicted octanol–water partition coefficient (Wildman–Crippen LogP) is 5.58. The van der Waals surface area contributed by atoms with Crippen molar-refractivity contribution >= 4 is 28.6 Å². The monoisotopic (exact) mass is 452 g/mol. The van der Waals surface area contributed by atoms with Gasteiger partial charge in [0.25, 0.3) is 0 Å². The number of allylic oxidation sites excluding steroid dienone is 2. The summed E-state index contributed by atoms with van der Waals surface area (Å²) in [4.78, 5) is 26.6. The lowest BCUT2D eigenvalue weighted by Gasteiger charge is -2.46. The van der Waals surface area contributed by atoms with Crippen LogP contribution in [0.5, 0.6) is 0 Å². The van der Waals surface area contributed by atoms with Gasteiger partial charge in [0.2, 0.25) is 0 Å². The third-order valence-electron chi connectivity index (χ3n) is 8.77. The van der Waals surface area contributed by atoms with E-state index in [0.717, 1.165) is 0 Å². The van der Waals surface area contributed by atoms with Crippen molar-refractivity contribution in [1.29, 1.82) is 0 Å². The van der Waals surface area contributed by atoms with Crippen LogP contribution in [-0.2, 0) is 23.2 Å². The number of carbonyl (C=O) groups is 2. The largest absolute Gasteiger partial charge is 0.413 e. The average molecular weight is 453 g/mol. The van der Waals surface area contributed by atoms with Crippen molar-refractivity contribution in [1.82, 2.24) is 0 Å². The molecule has 0 aromatic rings. The Labute approximate surface area is 184 Å². The highest BCUT2D eigenvalue weighted by molar-refractivity contribution is 6.74. The standard InChI is InChI=1S/C23H40O5Si2/c1-20(2,3)29(7,8)27-16-15-17(28-30(9,10)21(4,5)6)23-14-12-11-13-22(16,23)18(24)26-19(23)25/h11-12,16-17H,13-15H2,1-10H3/t16-,17+,22+,23-. The second kappa shape index (κ2) is 6.86. The maximum Gasteiger partial charge on any atom is 0.323 e. The lowest BCUT2D eigenvalue weighted by Crippen LogP contribution is -2.56. The Morgan fingerprint density at radius 3 is 1.43 bits per heavy atom. The highest BCUT2D eigenvalue weighted by atomic mass is 28.4. The van der Waals surface area contributed by atoms with E-state index in [9.17, 15) is 9.59 Å². The molecule has 7 heteroatoms. The van der Waals surface area contributed by atoms with E-state index in [4.69, 9.17) is 13.6 Å². The normalized spacial score (nSPS) is 34.7. The summed E-state index contributed by atoms with van der Waals surface area (Å²) < 4.78 is 19.1. The molecule has 0 N–H and O–H groups in total. The Balaban J connectivity index is 2.10. The van der Waals surface area contributed by atoms with E-state index in [0.29, 0.717) is 19.3 Å². The summed E-state index contributed by atoms with van der Waals surface area (Å²) >= 11 is 0. The zero-order valence-corrected chi connectivity index (χ0v) is 22.5. The van der Waals surface area contributed by atoms with Crippen molar-refractivity contribution in [2.45, 2.75) is 109 Å². The van der Waals surface area contributed by atoms with E-state index in [1.54, 1.807) is 0 Å². The van der Waals surface area contributed by atoms with Gasteiger partial charge in [-0.15, -0.1) is 0 Å². The van der Waals surface area contributed by atoms with Gasteiger partial charge in [0, 0.05) is 0 Å². The summed E-state index contributed by atoms with van der Waals surface area (Å²) in [5.74, 6) is -0.830. The SMILES string of the molecule is CC(C)(C)[Si](C)(C)O[C@H]1C[C@@H](O[Si](C)(C)C(C)(C)C)[C@]23CC=CC[C@]12C(=O)OC3=O. The van der Waals surface area contributed by atoms with Crippen molar-refractivity contribution < 1.29 is 23.2 Å². The fraction of sp³-hybridized carbons (Fsp3) is 0.826. The Bertz CT molecular complexity index is 711. The van der Waals surface area contributed by atoms with Gasteiger partial charge in [-0.2, -0.15) is 0 Å². The maximum atomic E-state index is 13.3. The molecule has 0 aromatic heterocycles. The first-order valence-electron chi connectivity index (χ1n) is 11.2. The predicted molar refractivity (Wildman–Crippen MR) is 123 cm³/mol. The second-order valence-electron chi connectivity index (χ2n) is 12.5. The zero-order valence-electron chi connectivity index (χ0n) is 20.5. The Kier molecular flexibility index (Phi) is 5.47. The number of ether oxygens (including phenoxy) is 1. The zero-order chi connectivity index (χ0) is 23.0. The summed E-state index contributed by atoms with van der Waals surface area (Å²) in [7, 11) is -4.36. The van der Waals surface area contributed by atoms with Crippen LogP contribution in [0, 0.1) is 10.8 Å². The summed E-state index contributed by atoms with van der Waals surface area (Å²) in [6.45, 7) is 22.0. The Hall–Kier alpha value is -0.766. The molecule has 170 valence electrons. The quantitative estimate of drug-likeness (QED) is 0.241. The minimum absolute atomic E-state index is 0.00168. The van der Waals surface area contributed by atoms with Crippen LogP contribution < -0.4 is 0 Å². The van der Waals surface area contributed by atoms with Crippen LogP contribution in [0.25, 0.3) is 0 Å². The molecule has 2 fully saturated rings. The van der Waals surface area contributed by atoms with Gasteiger partial charge in [-0.3, -0.25) is 9.59 Å². The van der Waals surface area contributed by atoms with Gasteiger partial charge in [-0.1, -0.05) is 53.7 Å². The molecular formula is C23H40O5Si2. The number of hydrogen-bond acceptors (Lipinski definition) is 5. The van der Waals surface area contributed by atoms with Crippen LogP contribution in [-0.4, -0.2) is 40.8 Å². The topological polar surface area (TPSA) is 61.8 Å². The molecule has 1 saturated carbocycles. The Morgan fingerprint density at radius 2 is 1.13 bits per heavy atom. The van der Waals surface area contributed by atoms with E-state index in [-0.39, 0.29) is 22.3 Å². The van der Waals surface area contributed by atoms with Crippen LogP contribution in [0.4, 0.5) is 0 Å². The number of rotatable bonds is 4. The first-order valence-corrected chi connectivity index (χ1v) is 17.0. The molecule has 30 heavy (non-hydrogen) atoms. The molecule has 0 bridgehead atoms. The lowest BCUT2D eigenvalue weighted by molar-refractivity contribution is -0.158. The fourth-order valence-corrected chi connectivity index (χ4v) is 7.48. The molecule has 0 unspecified atom stereocenters. The van der Waals surface area contributed by atoms with E-state index in [1.807, 2.05) is 12.2 Å². The minimum atomic E-state index is -2.18. The molecule has 0 amide bonds. The van der Waals surface area contributed by atoms with E-state index in [1.165, 1.54) is 0 Å². The van der Waals surface area contributed by atoms with Crippen molar-refractivity contribution in [3.63, 3.8) is 0 Å². The molecule has 4 atom stereocenters. The van der Waals surface area contributed by atoms with E-state index in [2.05, 4.69) is 67.7 Å². The molecule has 0 aromatic carbocycles. The molecule has 1 aliphatic heterocycles. The van der Waals surface area contributed by atoms with Gasteiger partial charge in [0.05, 0.1) is 12.2 Å².